The quantitative estimate of drug-likeness (QED) is 0.602. The number of carbonyl (C=O) groups is 2. The van der Waals surface area contributed by atoms with E-state index in [1.54, 1.807) is 61.6 Å². The predicted octanol–water partition coefficient (Wildman–Crippen LogP) is 4.14. The molecule has 2 heterocycles. The number of aliphatic imine (C=N–C) groups is 1. The van der Waals surface area contributed by atoms with Crippen LogP contribution in [0.2, 0.25) is 0 Å². The Hall–Kier alpha value is -3.46. The monoisotopic (exact) mass is 470 g/mol. The van der Waals surface area contributed by atoms with Gasteiger partial charge >= 0.3 is 6.03 Å². The minimum Gasteiger partial charge on any atom is -0.434 e. The minimum absolute atomic E-state index is 0.190. The first-order chi connectivity index (χ1) is 14.4. The molecule has 0 saturated heterocycles. The van der Waals surface area contributed by atoms with Gasteiger partial charge in [0.1, 0.15) is 5.82 Å². The van der Waals surface area contributed by atoms with E-state index in [1.807, 2.05) is 0 Å². The molecule has 1 aliphatic rings. The van der Waals surface area contributed by atoms with E-state index in [-0.39, 0.29) is 17.2 Å². The summed E-state index contributed by atoms with van der Waals surface area (Å²) >= 11 is 3.15. The number of likely N-dealkylation sites (N-methyl/N-ethyl adjacent to an activating group) is 1. The lowest BCUT2D eigenvalue weighted by molar-refractivity contribution is -0.119. The maximum absolute atomic E-state index is 14.6. The highest BCUT2D eigenvalue weighted by molar-refractivity contribution is 9.10. The maximum atomic E-state index is 14.6. The average molecular weight is 471 g/mol. The molecular weight excluding hydrogens is 455 g/mol. The van der Waals surface area contributed by atoms with Gasteiger partial charge < -0.3 is 14.6 Å². The Bertz CT molecular complexity index is 1160. The fraction of sp³-hybridized carbons (Fsp3) is 0.0952. The van der Waals surface area contributed by atoms with E-state index in [4.69, 9.17) is 4.42 Å². The number of rotatable bonds is 3. The number of benzodiazepines with no additional fused rings is 1. The molecule has 1 aliphatic heterocycles. The molecule has 152 valence electrons. The molecule has 0 bridgehead atoms. The van der Waals surface area contributed by atoms with E-state index in [0.717, 1.165) is 0 Å². The second-order valence-electron chi connectivity index (χ2n) is 6.48. The molecule has 0 spiro atoms. The van der Waals surface area contributed by atoms with E-state index in [9.17, 15) is 14.0 Å². The number of amides is 3. The summed E-state index contributed by atoms with van der Waals surface area (Å²) in [6, 6.07) is 15.7. The first-order valence-electron chi connectivity index (χ1n) is 8.96. The molecule has 2 aromatic carbocycles. The molecule has 1 aromatic heterocycles. The van der Waals surface area contributed by atoms with Gasteiger partial charge in [-0.1, -0.05) is 30.3 Å². The van der Waals surface area contributed by atoms with Crippen LogP contribution in [0.5, 0.6) is 0 Å². The highest BCUT2D eigenvalue weighted by atomic mass is 79.9. The number of hydrogen-bond acceptors (Lipinski definition) is 4. The number of nitrogens with zero attached hydrogens (tertiary/aromatic N) is 2. The van der Waals surface area contributed by atoms with Crippen LogP contribution >= 0.6 is 15.9 Å². The highest BCUT2D eigenvalue weighted by Gasteiger charge is 2.31. The van der Waals surface area contributed by atoms with E-state index >= 15 is 0 Å². The first kappa shape index (κ1) is 19.8. The second-order valence-corrected chi connectivity index (χ2v) is 7.26. The molecule has 0 aliphatic carbocycles. The van der Waals surface area contributed by atoms with Gasteiger partial charge in [-0.05, 0) is 40.2 Å². The lowest BCUT2D eigenvalue weighted by Crippen LogP contribution is -2.47. The zero-order valence-corrected chi connectivity index (χ0v) is 17.3. The van der Waals surface area contributed by atoms with Crippen molar-refractivity contribution in [2.24, 2.45) is 4.99 Å². The van der Waals surface area contributed by atoms with Gasteiger partial charge in [-0.15, -0.1) is 0 Å². The van der Waals surface area contributed by atoms with Crippen LogP contribution in [-0.2, 0) is 4.79 Å². The van der Waals surface area contributed by atoms with Crippen LogP contribution in [0.4, 0.5) is 20.8 Å². The number of carbonyl (C=O) groups excluding carboxylic acids is 2. The van der Waals surface area contributed by atoms with Crippen molar-refractivity contribution in [3.05, 3.63) is 82.3 Å². The standard InChI is InChI=1S/C21H16BrFN4O3/c1-27-15-9-5-3-7-13(15)18(12-6-2-4-8-14(12)23)25-19(20(27)28)26-21(29)24-17-11-10-16(22)30-17/h2-11,19H,1H3,(H2,24,26,29). The molecule has 2 N–H and O–H groups in total. The summed E-state index contributed by atoms with van der Waals surface area (Å²) in [6.45, 7) is 0. The van der Waals surface area contributed by atoms with Gasteiger partial charge in [-0.25, -0.2) is 14.2 Å². The summed E-state index contributed by atoms with van der Waals surface area (Å²) in [5.74, 6) is -0.758. The highest BCUT2D eigenvalue weighted by Crippen LogP contribution is 2.28. The number of benzene rings is 2. The van der Waals surface area contributed by atoms with Crippen LogP contribution in [-0.4, -0.2) is 30.9 Å². The van der Waals surface area contributed by atoms with Crippen LogP contribution in [0.1, 0.15) is 11.1 Å². The van der Waals surface area contributed by atoms with Crippen LogP contribution in [0.3, 0.4) is 0 Å². The van der Waals surface area contributed by atoms with Crippen LogP contribution in [0, 0.1) is 5.82 Å². The Morgan fingerprint density at radius 2 is 1.80 bits per heavy atom. The van der Waals surface area contributed by atoms with Crippen molar-refractivity contribution in [3.63, 3.8) is 0 Å². The number of nitrogens with one attached hydrogen (secondary N) is 2. The fourth-order valence-electron chi connectivity index (χ4n) is 3.14. The number of anilines is 2. The number of para-hydroxylation sites is 1. The molecule has 9 heteroatoms. The van der Waals surface area contributed by atoms with Crippen molar-refractivity contribution in [2.75, 3.05) is 17.3 Å². The Labute approximate surface area is 179 Å². The molecule has 0 fully saturated rings. The van der Waals surface area contributed by atoms with Crippen molar-refractivity contribution in [1.82, 2.24) is 5.32 Å². The number of urea groups is 1. The van der Waals surface area contributed by atoms with E-state index in [2.05, 4.69) is 31.6 Å². The van der Waals surface area contributed by atoms with Crippen LogP contribution in [0.25, 0.3) is 0 Å². The Morgan fingerprint density at radius 1 is 1.10 bits per heavy atom. The van der Waals surface area contributed by atoms with E-state index < -0.39 is 23.9 Å². The molecule has 0 saturated carbocycles. The number of hydrogen-bond donors (Lipinski definition) is 2. The molecule has 3 amide bonds. The van der Waals surface area contributed by atoms with Crippen LogP contribution < -0.4 is 15.5 Å². The molecule has 1 unspecified atom stereocenters. The van der Waals surface area contributed by atoms with E-state index in [0.29, 0.717) is 15.9 Å². The second kappa shape index (κ2) is 8.11. The molecule has 30 heavy (non-hydrogen) atoms. The van der Waals surface area contributed by atoms with Gasteiger partial charge in [0.15, 0.2) is 4.67 Å². The third-order valence-corrected chi connectivity index (χ3v) is 4.98. The first-order valence-corrected chi connectivity index (χ1v) is 9.76. The fourth-order valence-corrected chi connectivity index (χ4v) is 3.44. The summed E-state index contributed by atoms with van der Waals surface area (Å²) in [5, 5.41) is 5.02. The van der Waals surface area contributed by atoms with Crippen molar-refractivity contribution >= 4 is 45.2 Å². The Balaban J connectivity index is 1.73. The zero-order chi connectivity index (χ0) is 21.3. The SMILES string of the molecule is CN1C(=O)C(NC(=O)Nc2ccc(Br)o2)N=C(c2ccccc2F)c2ccccc21. The van der Waals surface area contributed by atoms with Crippen molar-refractivity contribution < 1.29 is 18.4 Å². The van der Waals surface area contributed by atoms with Crippen LogP contribution in [0.15, 0.2) is 74.7 Å². The normalized spacial score (nSPS) is 15.8. The summed E-state index contributed by atoms with van der Waals surface area (Å²) < 4.78 is 20.3. The number of halogens is 2. The molecule has 4 rings (SSSR count). The lowest BCUT2D eigenvalue weighted by atomic mass is 10.00. The third-order valence-electron chi connectivity index (χ3n) is 4.55. The predicted molar refractivity (Wildman–Crippen MR) is 114 cm³/mol. The van der Waals surface area contributed by atoms with Crippen molar-refractivity contribution in [1.29, 1.82) is 0 Å². The van der Waals surface area contributed by atoms with Gasteiger partial charge in [0.05, 0.1) is 11.4 Å². The van der Waals surface area contributed by atoms with Crippen molar-refractivity contribution in [2.45, 2.75) is 6.17 Å². The van der Waals surface area contributed by atoms with Gasteiger partial charge in [-0.3, -0.25) is 10.1 Å². The third kappa shape index (κ3) is 3.84. The van der Waals surface area contributed by atoms with Gasteiger partial charge in [0.2, 0.25) is 12.0 Å². The largest absolute Gasteiger partial charge is 0.434 e. The average Bonchev–Trinajstić information content (AvgIpc) is 3.11. The molecule has 0 radical (unpaired) electrons. The minimum atomic E-state index is -1.27. The molecule has 7 nitrogen and oxygen atoms in total. The zero-order valence-electron chi connectivity index (χ0n) is 15.7. The number of fused-ring (bicyclic) bond motifs is 1. The lowest BCUT2D eigenvalue weighted by Gasteiger charge is -2.20. The van der Waals surface area contributed by atoms with E-state index in [1.165, 1.54) is 11.0 Å². The topological polar surface area (TPSA) is 86.9 Å². The summed E-state index contributed by atoms with van der Waals surface area (Å²) in [7, 11) is 1.58. The molecular formula is C21H16BrFN4O3. The maximum Gasteiger partial charge on any atom is 0.323 e. The van der Waals surface area contributed by atoms with Gasteiger partial charge in [0, 0.05) is 24.2 Å². The number of furan rings is 1. The molecule has 3 aromatic rings. The summed E-state index contributed by atoms with van der Waals surface area (Å²) in [4.78, 5) is 31.3. The van der Waals surface area contributed by atoms with Gasteiger partial charge in [0.25, 0.3) is 5.91 Å². The summed E-state index contributed by atoms with van der Waals surface area (Å²) in [6.07, 6.45) is -1.27. The smallest absolute Gasteiger partial charge is 0.323 e. The Kier molecular flexibility index (Phi) is 5.37. The van der Waals surface area contributed by atoms with Gasteiger partial charge in [-0.2, -0.15) is 0 Å². The molecule has 1 atom stereocenters. The Morgan fingerprint density at radius 3 is 2.50 bits per heavy atom. The van der Waals surface area contributed by atoms with Crippen molar-refractivity contribution in [3.8, 4) is 0 Å². The summed E-state index contributed by atoms with van der Waals surface area (Å²) in [5.41, 5.74) is 1.64.